The van der Waals surface area contributed by atoms with Crippen LogP contribution < -0.4 is 16.0 Å². The molecule has 0 spiro atoms. The predicted octanol–water partition coefficient (Wildman–Crippen LogP) is 2.82. The summed E-state index contributed by atoms with van der Waals surface area (Å²) in [4.78, 5) is 44.3. The first-order chi connectivity index (χ1) is 19.4. The van der Waals surface area contributed by atoms with Gasteiger partial charge in [0.05, 0.1) is 29.5 Å². The lowest BCUT2D eigenvalue weighted by Gasteiger charge is -2.28. The van der Waals surface area contributed by atoms with Crippen LogP contribution in [0.1, 0.15) is 15.9 Å². The van der Waals surface area contributed by atoms with Crippen molar-refractivity contribution in [2.75, 3.05) is 31.2 Å². The zero-order chi connectivity index (χ0) is 28.1. The highest BCUT2D eigenvalue weighted by molar-refractivity contribution is 6.38. The molecule has 204 valence electrons. The van der Waals surface area contributed by atoms with Crippen molar-refractivity contribution >= 4 is 34.9 Å². The molecule has 3 heterocycles. The van der Waals surface area contributed by atoms with Gasteiger partial charge in [0.25, 0.3) is 11.8 Å². The van der Waals surface area contributed by atoms with Gasteiger partial charge < -0.3 is 20.7 Å². The van der Waals surface area contributed by atoms with Crippen molar-refractivity contribution in [1.82, 2.24) is 20.1 Å². The summed E-state index contributed by atoms with van der Waals surface area (Å²) < 4.78 is 6.90. The second kappa shape index (κ2) is 12.1. The Hall–Kier alpha value is -4.54. The Morgan fingerprint density at radius 1 is 1.02 bits per heavy atom. The Kier molecular flexibility index (Phi) is 8.18. The van der Waals surface area contributed by atoms with Crippen molar-refractivity contribution in [3.8, 4) is 17.1 Å². The monoisotopic (exact) mass is 558 g/mol. The number of rotatable bonds is 9. The molecule has 0 radical (unpaired) electrons. The predicted molar refractivity (Wildman–Crippen MR) is 150 cm³/mol. The summed E-state index contributed by atoms with van der Waals surface area (Å²) >= 11 is 6.18. The van der Waals surface area contributed by atoms with E-state index in [0.29, 0.717) is 18.9 Å². The summed E-state index contributed by atoms with van der Waals surface area (Å²) in [5.41, 5.74) is 8.79. The standard InChI is InChI=1S/C29H27ClN6O4/c30-21-17-23(29(39)33-25(26(37)27(31)38)16-19-4-2-1-3-5-19)28(32-18-21)36-11-10-24(34-36)20-6-8-22(9-7-20)35-12-14-40-15-13-35/h1-11,17-18,25H,12-16H2,(H2,31,38)(H,33,39). The molecule has 2 aromatic carbocycles. The second-order valence-electron chi connectivity index (χ2n) is 9.26. The molecule has 0 saturated carbocycles. The smallest absolute Gasteiger partial charge is 0.287 e. The number of anilines is 1. The number of benzene rings is 2. The van der Waals surface area contributed by atoms with Gasteiger partial charge >= 0.3 is 0 Å². The van der Waals surface area contributed by atoms with Crippen LogP contribution in [0.2, 0.25) is 5.02 Å². The zero-order valence-corrected chi connectivity index (χ0v) is 22.3. The first-order valence-corrected chi connectivity index (χ1v) is 13.1. The van der Waals surface area contributed by atoms with E-state index in [2.05, 4.69) is 20.3 Å². The molecular weight excluding hydrogens is 532 g/mol. The van der Waals surface area contributed by atoms with E-state index in [1.165, 1.54) is 16.9 Å². The molecule has 0 aliphatic carbocycles. The Morgan fingerprint density at radius 2 is 1.75 bits per heavy atom. The first-order valence-electron chi connectivity index (χ1n) is 12.7. The Morgan fingerprint density at radius 3 is 2.45 bits per heavy atom. The van der Waals surface area contributed by atoms with Gasteiger partial charge in [-0.25, -0.2) is 9.67 Å². The van der Waals surface area contributed by atoms with Gasteiger partial charge in [-0.05, 0) is 29.8 Å². The largest absolute Gasteiger partial charge is 0.378 e. The van der Waals surface area contributed by atoms with Crippen LogP contribution >= 0.6 is 11.6 Å². The van der Waals surface area contributed by atoms with Gasteiger partial charge in [0.2, 0.25) is 5.78 Å². The van der Waals surface area contributed by atoms with Crippen LogP contribution in [-0.2, 0) is 20.7 Å². The molecule has 11 heteroatoms. The second-order valence-corrected chi connectivity index (χ2v) is 9.70. The summed E-state index contributed by atoms with van der Waals surface area (Å²) in [5, 5.41) is 7.49. The number of carbonyl (C=O) groups is 3. The lowest BCUT2D eigenvalue weighted by Crippen LogP contribution is -2.47. The molecule has 2 aromatic heterocycles. The molecule has 1 aliphatic heterocycles. The number of ketones is 1. The molecule has 2 amide bonds. The van der Waals surface area contributed by atoms with E-state index < -0.39 is 23.6 Å². The van der Waals surface area contributed by atoms with Crippen LogP contribution in [0.25, 0.3) is 17.1 Å². The molecule has 5 rings (SSSR count). The summed E-state index contributed by atoms with van der Waals surface area (Å²) in [7, 11) is 0. The molecule has 40 heavy (non-hydrogen) atoms. The number of ether oxygens (including phenoxy) is 1. The van der Waals surface area contributed by atoms with Crippen LogP contribution in [0.4, 0.5) is 5.69 Å². The zero-order valence-electron chi connectivity index (χ0n) is 21.5. The van der Waals surface area contributed by atoms with Crippen molar-refractivity contribution in [2.45, 2.75) is 12.5 Å². The van der Waals surface area contributed by atoms with Crippen molar-refractivity contribution < 1.29 is 19.1 Å². The van der Waals surface area contributed by atoms with Gasteiger partial charge in [-0.15, -0.1) is 0 Å². The van der Waals surface area contributed by atoms with Crippen LogP contribution in [0.5, 0.6) is 0 Å². The molecule has 1 saturated heterocycles. The first kappa shape index (κ1) is 27.0. The number of pyridine rings is 1. The number of nitrogens with two attached hydrogens (primary N) is 1. The highest BCUT2D eigenvalue weighted by Crippen LogP contribution is 2.24. The fraction of sp³-hybridized carbons (Fsp3) is 0.207. The van der Waals surface area contributed by atoms with Gasteiger partial charge in [0.15, 0.2) is 5.82 Å². The van der Waals surface area contributed by atoms with Crippen LogP contribution in [0, 0.1) is 0 Å². The molecule has 0 bridgehead atoms. The van der Waals surface area contributed by atoms with Crippen LogP contribution in [0.15, 0.2) is 79.1 Å². The summed E-state index contributed by atoms with van der Waals surface area (Å²) in [6.45, 7) is 3.11. The number of nitrogens with zero attached hydrogens (tertiary/aromatic N) is 4. The number of nitrogens with one attached hydrogen (secondary N) is 1. The third-order valence-electron chi connectivity index (χ3n) is 6.57. The van der Waals surface area contributed by atoms with Gasteiger partial charge in [-0.3, -0.25) is 14.4 Å². The minimum atomic E-state index is -1.17. The topological polar surface area (TPSA) is 132 Å². The maximum Gasteiger partial charge on any atom is 0.287 e. The molecule has 1 unspecified atom stereocenters. The van der Waals surface area contributed by atoms with Crippen molar-refractivity contribution in [1.29, 1.82) is 0 Å². The van der Waals surface area contributed by atoms with Gasteiger partial charge in [0.1, 0.15) is 6.04 Å². The number of amides is 2. The quantitative estimate of drug-likeness (QED) is 0.302. The lowest BCUT2D eigenvalue weighted by atomic mass is 10.0. The maximum absolute atomic E-state index is 13.4. The van der Waals surface area contributed by atoms with Gasteiger partial charge in [-0.1, -0.05) is 54.1 Å². The molecule has 1 aliphatic rings. The third kappa shape index (κ3) is 6.19. The fourth-order valence-electron chi connectivity index (χ4n) is 4.51. The number of Topliss-reactive ketones (excluding diaryl/α,β-unsaturated/α-hetero) is 1. The molecule has 3 N–H and O–H groups in total. The summed E-state index contributed by atoms with van der Waals surface area (Å²) in [6, 6.07) is 19.2. The number of hydrogen-bond donors (Lipinski definition) is 2. The van der Waals surface area contributed by atoms with E-state index >= 15 is 0 Å². The van der Waals surface area contributed by atoms with Crippen LogP contribution in [0.3, 0.4) is 0 Å². The molecule has 1 fully saturated rings. The van der Waals surface area contributed by atoms with E-state index in [9.17, 15) is 14.4 Å². The number of morpholine rings is 1. The normalized spacial score (nSPS) is 14.0. The number of aromatic nitrogens is 3. The van der Waals surface area contributed by atoms with Crippen molar-refractivity contribution in [2.24, 2.45) is 5.73 Å². The van der Waals surface area contributed by atoms with Crippen molar-refractivity contribution in [3.63, 3.8) is 0 Å². The molecular formula is C29H27ClN6O4. The molecule has 10 nitrogen and oxygen atoms in total. The Labute approximate surface area is 235 Å². The summed E-state index contributed by atoms with van der Waals surface area (Å²) in [5.74, 6) is -2.48. The Bertz CT molecular complexity index is 1520. The number of halogens is 1. The maximum atomic E-state index is 13.4. The number of hydrogen-bond acceptors (Lipinski definition) is 7. The van der Waals surface area contributed by atoms with Gasteiger partial charge in [0, 0.05) is 43.2 Å². The molecule has 4 aromatic rings. The van der Waals surface area contributed by atoms with E-state index in [0.717, 1.165) is 29.9 Å². The highest BCUT2D eigenvalue weighted by atomic mass is 35.5. The van der Waals surface area contributed by atoms with E-state index in [1.54, 1.807) is 30.5 Å². The van der Waals surface area contributed by atoms with E-state index in [4.69, 9.17) is 22.1 Å². The minimum absolute atomic E-state index is 0.0835. The Balaban J connectivity index is 1.39. The van der Waals surface area contributed by atoms with Crippen LogP contribution in [-0.4, -0.2) is 64.7 Å². The number of primary amides is 1. The molecule has 1 atom stereocenters. The third-order valence-corrected chi connectivity index (χ3v) is 6.78. The number of carbonyl (C=O) groups excluding carboxylic acids is 3. The van der Waals surface area contributed by atoms with E-state index in [1.807, 2.05) is 36.4 Å². The lowest BCUT2D eigenvalue weighted by molar-refractivity contribution is -0.137. The average Bonchev–Trinajstić information content (AvgIpc) is 3.47. The minimum Gasteiger partial charge on any atom is -0.378 e. The SMILES string of the molecule is NC(=O)C(=O)C(Cc1ccccc1)NC(=O)c1cc(Cl)cnc1-n1ccc(-c2ccc(N3CCOCC3)cc2)n1. The fourth-order valence-corrected chi connectivity index (χ4v) is 4.67. The van der Waals surface area contributed by atoms with E-state index in [-0.39, 0.29) is 22.8 Å². The van der Waals surface area contributed by atoms with Gasteiger partial charge in [-0.2, -0.15) is 5.10 Å². The average molecular weight is 559 g/mol. The summed E-state index contributed by atoms with van der Waals surface area (Å²) in [6.07, 6.45) is 3.18. The highest BCUT2D eigenvalue weighted by Gasteiger charge is 2.27. The van der Waals surface area contributed by atoms with Crippen molar-refractivity contribution in [3.05, 3.63) is 95.3 Å².